The highest BCUT2D eigenvalue weighted by Gasteiger charge is 2.29. The highest BCUT2D eigenvalue weighted by molar-refractivity contribution is 6.45. The van der Waals surface area contributed by atoms with Crippen LogP contribution in [0.1, 0.15) is 5.56 Å². The number of amidine groups is 1. The Hall–Kier alpha value is -2.67. The largest absolute Gasteiger partial charge is 0.479 e. The number of nitrogens with zero attached hydrogens (tertiary/aromatic N) is 4. The van der Waals surface area contributed by atoms with E-state index in [1.165, 1.54) is 11.1 Å². The van der Waals surface area contributed by atoms with Crippen LogP contribution in [0.15, 0.2) is 39.6 Å². The number of fused-ring (bicyclic) bond motifs is 1. The normalized spacial score (nSPS) is 15.8. The highest BCUT2D eigenvalue weighted by atomic mass is 35.5. The zero-order valence-corrected chi connectivity index (χ0v) is 13.6. The molecule has 0 bridgehead atoms. The van der Waals surface area contributed by atoms with Gasteiger partial charge in [0, 0.05) is 12.3 Å². The topological polar surface area (TPSA) is 51.9 Å². The summed E-state index contributed by atoms with van der Waals surface area (Å²) in [6, 6.07) is 4.34. The Morgan fingerprint density at radius 2 is 2.21 bits per heavy atom. The lowest BCUT2D eigenvalue weighted by Crippen LogP contribution is -2.28. The molecule has 2 aliphatic rings. The number of rotatable bonds is 3. The number of anilines is 1. The first-order valence-electron chi connectivity index (χ1n) is 6.71. The fourth-order valence-corrected chi connectivity index (χ4v) is 2.82. The van der Waals surface area contributed by atoms with Crippen LogP contribution in [0, 0.1) is 29.5 Å². The lowest BCUT2D eigenvalue weighted by atomic mass is 10.2. The van der Waals surface area contributed by atoms with Gasteiger partial charge in [-0.15, -0.1) is 6.42 Å². The molecule has 0 aliphatic carbocycles. The molecule has 5 nitrogen and oxygen atoms in total. The van der Waals surface area contributed by atoms with Crippen molar-refractivity contribution in [2.75, 3.05) is 18.3 Å². The van der Waals surface area contributed by atoms with Crippen LogP contribution in [-0.2, 0) is 0 Å². The van der Waals surface area contributed by atoms with Crippen LogP contribution in [0.5, 0.6) is 5.75 Å². The monoisotopic (exact) mass is 362 g/mol. The number of hydrogen-bond donors (Lipinski definition) is 0. The average molecular weight is 363 g/mol. The van der Waals surface area contributed by atoms with Crippen molar-refractivity contribution in [1.29, 1.82) is 5.26 Å². The fraction of sp³-hybridized carbons (Fsp3) is 0.125. The van der Waals surface area contributed by atoms with Crippen LogP contribution >= 0.6 is 23.2 Å². The molecule has 0 unspecified atom stereocenters. The van der Waals surface area contributed by atoms with E-state index in [2.05, 4.69) is 11.0 Å². The number of terminal acetylenes is 1. The number of nitriles is 1. The van der Waals surface area contributed by atoms with Gasteiger partial charge < -0.3 is 9.64 Å². The van der Waals surface area contributed by atoms with Gasteiger partial charge in [-0.05, 0) is 12.1 Å². The summed E-state index contributed by atoms with van der Waals surface area (Å²) in [5.41, 5.74) is 0.189. The van der Waals surface area contributed by atoms with Gasteiger partial charge in [0.2, 0.25) is 0 Å². The molecule has 2 aliphatic heterocycles. The maximum absolute atomic E-state index is 14.4. The van der Waals surface area contributed by atoms with Crippen molar-refractivity contribution in [3.63, 3.8) is 0 Å². The van der Waals surface area contributed by atoms with Crippen molar-refractivity contribution >= 4 is 34.7 Å². The van der Waals surface area contributed by atoms with Gasteiger partial charge in [-0.1, -0.05) is 29.1 Å². The third-order valence-electron chi connectivity index (χ3n) is 3.29. The van der Waals surface area contributed by atoms with Crippen LogP contribution < -0.4 is 9.75 Å². The van der Waals surface area contributed by atoms with Crippen molar-refractivity contribution < 1.29 is 9.13 Å². The molecule has 8 heteroatoms. The maximum atomic E-state index is 14.4. The molecule has 0 fully saturated rings. The molecular weight excluding hydrogens is 354 g/mol. The Morgan fingerprint density at radius 3 is 2.92 bits per heavy atom. The smallest absolute Gasteiger partial charge is 0.173 e. The summed E-state index contributed by atoms with van der Waals surface area (Å²) in [5.74, 6) is 2.33. The Balaban J connectivity index is 1.98. The number of halogens is 3. The average Bonchev–Trinajstić information content (AvgIpc) is 2.97. The van der Waals surface area contributed by atoms with E-state index < -0.39 is 5.82 Å². The summed E-state index contributed by atoms with van der Waals surface area (Å²) in [6.45, 7) is 0.181. The Morgan fingerprint density at radius 1 is 1.42 bits per heavy atom. The van der Waals surface area contributed by atoms with Gasteiger partial charge in [0.25, 0.3) is 0 Å². The first-order chi connectivity index (χ1) is 11.5. The van der Waals surface area contributed by atoms with E-state index >= 15 is 0 Å². The SMILES string of the molecule is C#CCOc1cc(N2CN3C=C(Cl)C=C(Cl)C3=N2)c(F)cc1C#N. The zero-order chi connectivity index (χ0) is 17.3. The van der Waals surface area contributed by atoms with E-state index in [0.717, 1.165) is 6.07 Å². The third-order valence-corrected chi connectivity index (χ3v) is 3.77. The van der Waals surface area contributed by atoms with Crippen molar-refractivity contribution in [3.8, 4) is 24.2 Å². The molecule has 0 N–H and O–H groups in total. The molecule has 0 spiro atoms. The molecule has 120 valence electrons. The van der Waals surface area contributed by atoms with Crippen molar-refractivity contribution in [2.24, 2.45) is 5.10 Å². The number of hydrazone groups is 1. The van der Waals surface area contributed by atoms with Crippen LogP contribution in [0.2, 0.25) is 0 Å². The second kappa shape index (κ2) is 6.45. The lowest BCUT2D eigenvalue weighted by Gasteiger charge is -2.20. The number of benzene rings is 1. The quantitative estimate of drug-likeness (QED) is 0.774. The molecule has 0 saturated carbocycles. The summed E-state index contributed by atoms with van der Waals surface area (Å²) in [7, 11) is 0. The minimum absolute atomic E-state index is 0.0344. The Kier molecular flexibility index (Phi) is 4.35. The molecule has 1 aromatic rings. The van der Waals surface area contributed by atoms with Crippen LogP contribution in [0.25, 0.3) is 0 Å². The summed E-state index contributed by atoms with van der Waals surface area (Å²) in [6.07, 6.45) is 8.35. The van der Waals surface area contributed by atoms with Gasteiger partial charge in [0.15, 0.2) is 5.84 Å². The molecule has 1 aromatic carbocycles. The van der Waals surface area contributed by atoms with E-state index in [0.29, 0.717) is 15.9 Å². The van der Waals surface area contributed by atoms with Crippen molar-refractivity contribution in [1.82, 2.24) is 4.90 Å². The zero-order valence-electron chi connectivity index (χ0n) is 12.1. The summed E-state index contributed by atoms with van der Waals surface area (Å²) in [4.78, 5) is 1.68. The second-order valence-corrected chi connectivity index (χ2v) is 5.69. The van der Waals surface area contributed by atoms with Crippen LogP contribution in [0.4, 0.5) is 10.1 Å². The predicted octanol–water partition coefficient (Wildman–Crippen LogP) is 3.32. The number of allylic oxidation sites excluding steroid dienone is 2. The highest BCUT2D eigenvalue weighted by Crippen LogP contribution is 2.33. The van der Waals surface area contributed by atoms with Crippen LogP contribution in [-0.4, -0.2) is 24.0 Å². The van der Waals surface area contributed by atoms with Gasteiger partial charge in [0.05, 0.1) is 15.6 Å². The Labute approximate surface area is 147 Å². The number of ether oxygens (including phenoxy) is 1. The summed E-state index contributed by atoms with van der Waals surface area (Å²) in [5, 5.41) is 15.6. The first kappa shape index (κ1) is 16.2. The Bertz CT molecular complexity index is 879. The third kappa shape index (κ3) is 2.90. The number of hydrogen-bond acceptors (Lipinski definition) is 5. The molecule has 0 amide bonds. The van der Waals surface area contributed by atoms with Gasteiger partial charge >= 0.3 is 0 Å². The maximum Gasteiger partial charge on any atom is 0.173 e. The van der Waals surface area contributed by atoms with E-state index in [4.69, 9.17) is 39.6 Å². The van der Waals surface area contributed by atoms with Crippen molar-refractivity contribution in [2.45, 2.75) is 0 Å². The van der Waals surface area contributed by atoms with E-state index in [1.54, 1.807) is 17.2 Å². The molecule has 2 heterocycles. The van der Waals surface area contributed by atoms with Gasteiger partial charge in [-0.25, -0.2) is 9.40 Å². The second-order valence-electron chi connectivity index (χ2n) is 4.84. The van der Waals surface area contributed by atoms with E-state index in [1.807, 2.05) is 6.07 Å². The molecule has 0 radical (unpaired) electrons. The van der Waals surface area contributed by atoms with E-state index in [9.17, 15) is 4.39 Å². The molecule has 0 atom stereocenters. The van der Waals surface area contributed by atoms with Crippen molar-refractivity contribution in [3.05, 3.63) is 45.9 Å². The minimum atomic E-state index is -0.612. The van der Waals surface area contributed by atoms with E-state index in [-0.39, 0.29) is 30.3 Å². The lowest BCUT2D eigenvalue weighted by molar-refractivity contribution is 0.368. The predicted molar refractivity (Wildman–Crippen MR) is 89.9 cm³/mol. The summed E-state index contributed by atoms with van der Waals surface area (Å²) < 4.78 is 19.7. The first-order valence-corrected chi connectivity index (χ1v) is 7.46. The van der Waals surface area contributed by atoms with Gasteiger partial charge in [0.1, 0.15) is 36.6 Å². The molecule has 24 heavy (non-hydrogen) atoms. The van der Waals surface area contributed by atoms with Crippen LogP contribution in [0.3, 0.4) is 0 Å². The fourth-order valence-electron chi connectivity index (χ4n) is 2.27. The molecule has 0 aromatic heterocycles. The molecule has 0 saturated heterocycles. The standard InChI is InChI=1S/C16H9Cl2FN4O/c1-2-3-24-15-6-14(13(19)4-10(15)7-20)23-9-22-8-11(17)5-12(18)16(22)21-23/h1,4-6,8H,3,9H2. The molecular formula is C16H9Cl2FN4O. The van der Waals surface area contributed by atoms with Gasteiger partial charge in [-0.3, -0.25) is 0 Å². The summed E-state index contributed by atoms with van der Waals surface area (Å²) >= 11 is 12.1. The minimum Gasteiger partial charge on any atom is -0.479 e. The van der Waals surface area contributed by atoms with Gasteiger partial charge in [-0.2, -0.15) is 10.4 Å². The molecule has 3 rings (SSSR count).